The molecule has 0 amide bonds. The van der Waals surface area contributed by atoms with Crippen molar-refractivity contribution >= 4 is 107 Å². The lowest BCUT2D eigenvalue weighted by Gasteiger charge is -2.08. The van der Waals surface area contributed by atoms with E-state index in [1.165, 1.54) is 66.1 Å². The van der Waals surface area contributed by atoms with E-state index in [9.17, 15) is 0 Å². The van der Waals surface area contributed by atoms with Crippen molar-refractivity contribution in [2.75, 3.05) is 0 Å². The van der Waals surface area contributed by atoms with Gasteiger partial charge in [-0.2, -0.15) is 0 Å². The molecule has 10 aromatic rings. The summed E-state index contributed by atoms with van der Waals surface area (Å²) in [5.74, 6) is 0. The van der Waals surface area contributed by atoms with Crippen molar-refractivity contribution in [1.82, 2.24) is 9.13 Å². The first-order valence-corrected chi connectivity index (χ1v) is 20.6. The minimum atomic E-state index is 0. The summed E-state index contributed by atoms with van der Waals surface area (Å²) in [6, 6.07) is 67.9. The fraction of sp³-hybridized carbons (Fsp3) is 0. The van der Waals surface area contributed by atoms with Gasteiger partial charge in [0.25, 0.3) is 0 Å². The Kier molecular flexibility index (Phi) is 12.1. The van der Waals surface area contributed by atoms with Gasteiger partial charge in [0.2, 0.25) is 0 Å². The molecule has 2 nitrogen and oxygen atoms in total. The van der Waals surface area contributed by atoms with Crippen molar-refractivity contribution in [2.24, 2.45) is 0 Å². The molecule has 0 unspecified atom stereocenters. The normalized spacial score (nSPS) is 10.8. The molecular formula is C48H35Br4FN2. The number of benzene rings is 8. The van der Waals surface area contributed by atoms with Crippen molar-refractivity contribution in [1.29, 1.82) is 0 Å². The van der Waals surface area contributed by atoms with E-state index in [2.05, 4.69) is 237 Å². The van der Waals surface area contributed by atoms with Crippen molar-refractivity contribution < 1.29 is 6.13 Å². The zero-order valence-electron chi connectivity index (χ0n) is 29.3. The van der Waals surface area contributed by atoms with E-state index in [4.69, 9.17) is 0 Å². The first-order chi connectivity index (χ1) is 26.4. The number of fused-ring (bicyclic) bond motifs is 6. The number of aromatic nitrogens is 2. The summed E-state index contributed by atoms with van der Waals surface area (Å²) in [4.78, 5) is 0. The number of para-hydroxylation sites is 4. The van der Waals surface area contributed by atoms with Crippen LogP contribution < -0.4 is 0 Å². The Balaban J connectivity index is 0.000000157. The van der Waals surface area contributed by atoms with Gasteiger partial charge in [0.15, 0.2) is 0 Å². The van der Waals surface area contributed by atoms with Gasteiger partial charge in [-0.3, -0.25) is 4.70 Å². The standard InChI is InChI=1S/C24H16BrN.C18H12BrN.C6H4Br2.FH.H2/c25-19-13-10-17(11-14-19)18-12-15-24-22(16-18)21-8-4-5-9-23(21)26(24)20-6-2-1-3-7-20;19-13-10-11-18-16(12-13)15-8-4-5-9-17(15)20(18)14-6-2-1-3-7-14;7-5-1-2-6(8)4-3-5;;/h1-16H;1-12H;1-4H;2*1H/i;;;;1+1. The van der Waals surface area contributed by atoms with Crippen LogP contribution in [0, 0.1) is 0 Å². The van der Waals surface area contributed by atoms with Crippen LogP contribution in [0.25, 0.3) is 66.1 Å². The average Bonchev–Trinajstić information content (AvgIpc) is 3.73. The molecule has 0 aliphatic heterocycles. The van der Waals surface area contributed by atoms with Crippen LogP contribution >= 0.6 is 63.7 Å². The molecule has 0 spiro atoms. The van der Waals surface area contributed by atoms with Gasteiger partial charge in [0, 0.05) is 52.2 Å². The van der Waals surface area contributed by atoms with Gasteiger partial charge in [0.1, 0.15) is 0 Å². The fourth-order valence-electron chi connectivity index (χ4n) is 6.88. The van der Waals surface area contributed by atoms with E-state index in [-0.39, 0.29) is 6.13 Å². The Bertz CT molecular complexity index is 2840. The van der Waals surface area contributed by atoms with Gasteiger partial charge in [-0.15, -0.1) is 0 Å². The Morgan fingerprint density at radius 1 is 0.291 bits per heavy atom. The smallest absolute Gasteiger partial charge is 0.0541 e. The van der Waals surface area contributed by atoms with E-state index in [1.807, 2.05) is 30.3 Å². The molecule has 10 rings (SSSR count). The summed E-state index contributed by atoms with van der Waals surface area (Å²) in [5, 5.41) is 5.13. The van der Waals surface area contributed by atoms with E-state index < -0.39 is 0 Å². The lowest BCUT2D eigenvalue weighted by molar-refractivity contribution is 1.11. The number of nitrogens with zero attached hydrogens (tertiary/aromatic N) is 2. The molecule has 0 atom stereocenters. The molecule has 272 valence electrons. The van der Waals surface area contributed by atoms with Crippen LogP contribution in [0.15, 0.2) is 212 Å². The van der Waals surface area contributed by atoms with Crippen LogP contribution in [-0.4, -0.2) is 9.13 Å². The molecule has 0 radical (unpaired) electrons. The molecule has 0 saturated carbocycles. The van der Waals surface area contributed by atoms with E-state index in [0.717, 1.165) is 17.9 Å². The van der Waals surface area contributed by atoms with Crippen molar-refractivity contribution in [3.63, 3.8) is 0 Å². The van der Waals surface area contributed by atoms with Gasteiger partial charge in [-0.25, -0.2) is 0 Å². The maximum Gasteiger partial charge on any atom is 0.0541 e. The maximum absolute atomic E-state index is 3.57. The zero-order valence-corrected chi connectivity index (χ0v) is 35.6. The third-order valence-electron chi connectivity index (χ3n) is 9.32. The predicted molar refractivity (Wildman–Crippen MR) is 249 cm³/mol. The Morgan fingerprint density at radius 3 is 1.13 bits per heavy atom. The lowest BCUT2D eigenvalue weighted by Crippen LogP contribution is -1.92. The quantitative estimate of drug-likeness (QED) is 0.167. The first-order valence-electron chi connectivity index (χ1n) is 17.4. The minimum absolute atomic E-state index is 0. The largest absolute Gasteiger partial charge is 0.309 e. The third kappa shape index (κ3) is 8.26. The van der Waals surface area contributed by atoms with Crippen LogP contribution in [0.2, 0.25) is 0 Å². The predicted octanol–water partition coefficient (Wildman–Crippen LogP) is 16.4. The average molecular weight is 979 g/mol. The Labute approximate surface area is 354 Å². The molecule has 0 fully saturated rings. The zero-order chi connectivity index (χ0) is 37.0. The molecule has 0 aliphatic carbocycles. The highest BCUT2D eigenvalue weighted by Crippen LogP contribution is 2.36. The molecule has 0 N–H and O–H groups in total. The topological polar surface area (TPSA) is 9.86 Å². The van der Waals surface area contributed by atoms with Gasteiger partial charge >= 0.3 is 0 Å². The van der Waals surface area contributed by atoms with Gasteiger partial charge in [-0.1, -0.05) is 155 Å². The summed E-state index contributed by atoms with van der Waals surface area (Å²) in [6.45, 7) is 0. The molecule has 0 aliphatic rings. The Hall–Kier alpha value is -4.79. The molecular weight excluding hydrogens is 943 g/mol. The first kappa shape index (κ1) is 38.5. The van der Waals surface area contributed by atoms with Gasteiger partial charge in [-0.05, 0) is 114 Å². The fourth-order valence-corrected chi connectivity index (χ4v) is 8.03. The minimum Gasteiger partial charge on any atom is -0.309 e. The molecule has 0 saturated heterocycles. The second-order valence-corrected chi connectivity index (χ2v) is 16.4. The highest BCUT2D eigenvalue weighted by Gasteiger charge is 2.13. The molecule has 7 heteroatoms. The Morgan fingerprint density at radius 2 is 0.636 bits per heavy atom. The number of hydrogen-bond acceptors (Lipinski definition) is 0. The van der Waals surface area contributed by atoms with E-state index in [0.29, 0.717) is 0 Å². The summed E-state index contributed by atoms with van der Waals surface area (Å²) in [6.07, 6.45) is 0. The van der Waals surface area contributed by atoms with Crippen molar-refractivity contribution in [2.45, 2.75) is 0 Å². The number of halogens is 5. The highest BCUT2D eigenvalue weighted by atomic mass is 79.9. The van der Waals surface area contributed by atoms with Crippen LogP contribution in [0.1, 0.15) is 1.43 Å². The summed E-state index contributed by atoms with van der Waals surface area (Å²) in [7, 11) is 0. The second kappa shape index (κ2) is 17.3. The summed E-state index contributed by atoms with van der Waals surface area (Å²) >= 11 is 13.7. The van der Waals surface area contributed by atoms with Crippen LogP contribution in [0.5, 0.6) is 0 Å². The van der Waals surface area contributed by atoms with Crippen LogP contribution in [-0.2, 0) is 0 Å². The molecule has 2 heterocycles. The van der Waals surface area contributed by atoms with Gasteiger partial charge in [0.05, 0.1) is 22.1 Å². The lowest BCUT2D eigenvalue weighted by atomic mass is 10.0. The van der Waals surface area contributed by atoms with Crippen molar-refractivity contribution in [3.8, 4) is 22.5 Å². The summed E-state index contributed by atoms with van der Waals surface area (Å²) < 4.78 is 9.10. The van der Waals surface area contributed by atoms with Crippen molar-refractivity contribution in [3.05, 3.63) is 212 Å². The second-order valence-electron chi connectivity index (χ2n) is 12.7. The maximum atomic E-state index is 3.57. The number of rotatable bonds is 3. The summed E-state index contributed by atoms with van der Waals surface area (Å²) in [5.41, 5.74) is 9.80. The highest BCUT2D eigenvalue weighted by molar-refractivity contribution is 9.11. The SMILES string of the molecule is Brc1ccc(-c2ccc3c(c2)c2ccccc2n3-c2ccccc2)cc1.Brc1ccc(Br)cc1.Brc1ccc2c(c1)c1ccccc1n2-c1ccccc1.F.[2HH]. The number of hydrogen-bond donors (Lipinski definition) is 0. The van der Waals surface area contributed by atoms with Crippen LogP contribution in [0.4, 0.5) is 4.70 Å². The van der Waals surface area contributed by atoms with Crippen LogP contribution in [0.3, 0.4) is 0 Å². The monoisotopic (exact) mass is 975 g/mol. The molecule has 8 aromatic carbocycles. The molecule has 0 bridgehead atoms. The third-order valence-corrected chi connectivity index (χ3v) is 11.4. The molecule has 55 heavy (non-hydrogen) atoms. The molecule has 2 aromatic heterocycles. The van der Waals surface area contributed by atoms with Gasteiger partial charge < -0.3 is 9.13 Å². The van der Waals surface area contributed by atoms with E-state index >= 15 is 0 Å². The van der Waals surface area contributed by atoms with E-state index in [1.54, 1.807) is 0 Å².